The van der Waals surface area contributed by atoms with Crippen molar-refractivity contribution in [1.29, 1.82) is 0 Å². The molecule has 1 fully saturated rings. The van der Waals surface area contributed by atoms with Crippen LogP contribution < -0.4 is 0 Å². The second kappa shape index (κ2) is 3.26. The molecule has 12 heavy (non-hydrogen) atoms. The van der Waals surface area contributed by atoms with Gasteiger partial charge in [0.2, 0.25) is 0 Å². The fraction of sp³-hybridized carbons (Fsp3) is 1.00. The van der Waals surface area contributed by atoms with Gasteiger partial charge in [0.25, 0.3) is 5.92 Å². The molecular formula is C8H14F2O2. The van der Waals surface area contributed by atoms with Gasteiger partial charge in [-0.25, -0.2) is 8.78 Å². The maximum Gasteiger partial charge on any atom is 0.278 e. The van der Waals surface area contributed by atoms with Gasteiger partial charge in [0.1, 0.15) is 6.10 Å². The number of aliphatic hydroxyl groups excluding tert-OH is 1. The van der Waals surface area contributed by atoms with Crippen molar-refractivity contribution >= 4 is 0 Å². The highest BCUT2D eigenvalue weighted by Gasteiger charge is 2.48. The fourth-order valence-corrected chi connectivity index (χ4v) is 1.52. The van der Waals surface area contributed by atoms with Crippen molar-refractivity contribution in [1.82, 2.24) is 0 Å². The van der Waals surface area contributed by atoms with E-state index in [0.717, 1.165) is 0 Å². The summed E-state index contributed by atoms with van der Waals surface area (Å²) in [6, 6.07) is 0. The predicted octanol–water partition coefficient (Wildman–Crippen LogP) is 1.57. The van der Waals surface area contributed by atoms with Crippen LogP contribution in [-0.2, 0) is 4.74 Å². The molecule has 0 aliphatic carbocycles. The van der Waals surface area contributed by atoms with Crippen molar-refractivity contribution in [2.24, 2.45) is 0 Å². The molecule has 0 aromatic rings. The van der Waals surface area contributed by atoms with Crippen LogP contribution in [0.15, 0.2) is 0 Å². The molecular weight excluding hydrogens is 166 g/mol. The Hall–Kier alpha value is -0.220. The third kappa shape index (κ3) is 1.75. The third-order valence-corrected chi connectivity index (χ3v) is 2.15. The highest BCUT2D eigenvalue weighted by Crippen LogP contribution is 2.34. The van der Waals surface area contributed by atoms with Crippen molar-refractivity contribution in [3.63, 3.8) is 0 Å². The average Bonchev–Trinajstić information content (AvgIpc) is 1.96. The Balaban J connectivity index is 2.68. The van der Waals surface area contributed by atoms with Gasteiger partial charge in [-0.2, -0.15) is 0 Å². The molecule has 72 valence electrons. The quantitative estimate of drug-likeness (QED) is 0.663. The van der Waals surface area contributed by atoms with Gasteiger partial charge in [-0.05, 0) is 13.3 Å². The molecule has 1 aliphatic heterocycles. The van der Waals surface area contributed by atoms with E-state index in [1.165, 1.54) is 0 Å². The first kappa shape index (κ1) is 9.86. The zero-order valence-electron chi connectivity index (χ0n) is 7.26. The van der Waals surface area contributed by atoms with Crippen molar-refractivity contribution in [2.75, 3.05) is 0 Å². The largest absolute Gasteiger partial charge is 0.384 e. The Bertz CT molecular complexity index is 161. The number of halogens is 2. The van der Waals surface area contributed by atoms with Crippen LogP contribution in [0.3, 0.4) is 0 Å². The predicted molar refractivity (Wildman–Crippen MR) is 40.2 cm³/mol. The molecule has 1 saturated heterocycles. The van der Waals surface area contributed by atoms with Gasteiger partial charge in [0.15, 0.2) is 0 Å². The molecule has 0 bridgehead atoms. The van der Waals surface area contributed by atoms with Gasteiger partial charge in [0.05, 0.1) is 12.2 Å². The van der Waals surface area contributed by atoms with E-state index in [2.05, 4.69) is 0 Å². The summed E-state index contributed by atoms with van der Waals surface area (Å²) in [6.45, 7) is 3.32. The van der Waals surface area contributed by atoms with E-state index in [-0.39, 0.29) is 6.42 Å². The summed E-state index contributed by atoms with van der Waals surface area (Å²) in [7, 11) is 0. The van der Waals surface area contributed by atoms with Crippen LogP contribution in [0, 0.1) is 0 Å². The minimum absolute atomic E-state index is 0.384. The zero-order chi connectivity index (χ0) is 9.35. The van der Waals surface area contributed by atoms with Crippen LogP contribution in [0.25, 0.3) is 0 Å². The number of alkyl halides is 2. The maximum atomic E-state index is 13.0. The summed E-state index contributed by atoms with van der Waals surface area (Å²) >= 11 is 0. The Kier molecular flexibility index (Phi) is 2.68. The molecule has 0 aromatic heterocycles. The van der Waals surface area contributed by atoms with Crippen LogP contribution in [0.4, 0.5) is 8.78 Å². The number of rotatable bonds is 1. The molecule has 1 N–H and O–H groups in total. The molecule has 1 heterocycles. The number of hydrogen-bond acceptors (Lipinski definition) is 2. The monoisotopic (exact) mass is 180 g/mol. The van der Waals surface area contributed by atoms with E-state index >= 15 is 0 Å². The van der Waals surface area contributed by atoms with Gasteiger partial charge in [-0.15, -0.1) is 0 Å². The highest BCUT2D eigenvalue weighted by molar-refractivity contribution is 4.89. The second-order valence-corrected chi connectivity index (χ2v) is 3.30. The third-order valence-electron chi connectivity index (χ3n) is 2.15. The average molecular weight is 180 g/mol. The van der Waals surface area contributed by atoms with Crippen molar-refractivity contribution < 1.29 is 18.6 Å². The lowest BCUT2D eigenvalue weighted by molar-refractivity contribution is -0.232. The fourth-order valence-electron chi connectivity index (χ4n) is 1.52. The lowest BCUT2D eigenvalue weighted by Gasteiger charge is -2.37. The van der Waals surface area contributed by atoms with Crippen LogP contribution in [0.2, 0.25) is 0 Å². The summed E-state index contributed by atoms with van der Waals surface area (Å²) in [5.74, 6) is -2.99. The Morgan fingerprint density at radius 3 is 2.67 bits per heavy atom. The zero-order valence-corrected chi connectivity index (χ0v) is 7.26. The topological polar surface area (TPSA) is 29.5 Å². The molecule has 0 spiro atoms. The van der Waals surface area contributed by atoms with Gasteiger partial charge < -0.3 is 9.84 Å². The molecule has 2 nitrogen and oxygen atoms in total. The molecule has 1 rings (SSSR count). The van der Waals surface area contributed by atoms with E-state index in [0.29, 0.717) is 6.42 Å². The van der Waals surface area contributed by atoms with Crippen LogP contribution in [-0.4, -0.2) is 29.3 Å². The second-order valence-electron chi connectivity index (χ2n) is 3.30. The molecule has 0 radical (unpaired) electrons. The lowest BCUT2D eigenvalue weighted by atomic mass is 9.96. The summed E-state index contributed by atoms with van der Waals surface area (Å²) in [5.41, 5.74) is 0. The first-order valence-corrected chi connectivity index (χ1v) is 4.18. The molecule has 0 saturated carbocycles. The smallest absolute Gasteiger partial charge is 0.278 e. The minimum Gasteiger partial charge on any atom is -0.384 e. The SMILES string of the molecule is CC[C@H]1O[C@@H](C)CC(F)(F)C1O. The number of aliphatic hydroxyl groups is 1. The number of hydrogen-bond donors (Lipinski definition) is 1. The molecule has 1 aliphatic rings. The number of ether oxygens (including phenoxy) is 1. The van der Waals surface area contributed by atoms with E-state index in [1.807, 2.05) is 0 Å². The van der Waals surface area contributed by atoms with E-state index in [1.54, 1.807) is 13.8 Å². The van der Waals surface area contributed by atoms with Crippen LogP contribution in [0.5, 0.6) is 0 Å². The molecule has 1 unspecified atom stereocenters. The minimum atomic E-state index is -2.99. The van der Waals surface area contributed by atoms with E-state index in [9.17, 15) is 8.78 Å². The van der Waals surface area contributed by atoms with Gasteiger partial charge >= 0.3 is 0 Å². The van der Waals surface area contributed by atoms with Crippen molar-refractivity contribution in [3.8, 4) is 0 Å². The first-order valence-electron chi connectivity index (χ1n) is 4.18. The standard InChI is InChI=1S/C8H14F2O2/c1-3-6-7(11)8(9,10)4-5(2)12-6/h5-7,11H,3-4H2,1-2H3/t5-,6+,7?/m0/s1. The Morgan fingerprint density at radius 2 is 2.17 bits per heavy atom. The normalized spacial score (nSPS) is 41.2. The summed E-state index contributed by atoms with van der Waals surface area (Å²) in [6.07, 6.45) is -2.79. The van der Waals surface area contributed by atoms with Gasteiger partial charge in [0, 0.05) is 6.42 Å². The van der Waals surface area contributed by atoms with Crippen LogP contribution in [0.1, 0.15) is 26.7 Å². The van der Waals surface area contributed by atoms with Crippen molar-refractivity contribution in [2.45, 2.75) is 50.9 Å². The van der Waals surface area contributed by atoms with Gasteiger partial charge in [-0.1, -0.05) is 6.92 Å². The summed E-state index contributed by atoms with van der Waals surface area (Å²) in [4.78, 5) is 0. The molecule has 3 atom stereocenters. The van der Waals surface area contributed by atoms with Crippen molar-refractivity contribution in [3.05, 3.63) is 0 Å². The Labute approximate surface area is 70.5 Å². The van der Waals surface area contributed by atoms with Gasteiger partial charge in [-0.3, -0.25) is 0 Å². The molecule has 0 amide bonds. The summed E-state index contributed by atoms with van der Waals surface area (Å²) in [5, 5.41) is 9.14. The lowest BCUT2D eigenvalue weighted by Crippen LogP contribution is -2.51. The maximum absolute atomic E-state index is 13.0. The van der Waals surface area contributed by atoms with Crippen LogP contribution >= 0.6 is 0 Å². The molecule has 4 heteroatoms. The first-order chi connectivity index (χ1) is 5.47. The van der Waals surface area contributed by atoms with E-state index < -0.39 is 24.2 Å². The highest BCUT2D eigenvalue weighted by atomic mass is 19.3. The molecule has 0 aromatic carbocycles. The van der Waals surface area contributed by atoms with E-state index in [4.69, 9.17) is 9.84 Å². The Morgan fingerprint density at radius 1 is 1.58 bits per heavy atom. The summed E-state index contributed by atoms with van der Waals surface area (Å²) < 4.78 is 31.1.